The van der Waals surface area contributed by atoms with Crippen molar-refractivity contribution in [1.82, 2.24) is 20.4 Å². The lowest BCUT2D eigenvalue weighted by Crippen LogP contribution is -2.39. The van der Waals surface area contributed by atoms with Crippen molar-refractivity contribution in [1.29, 1.82) is 5.26 Å². The molecule has 5 rings (SSSR count). The summed E-state index contributed by atoms with van der Waals surface area (Å²) < 4.78 is 1.54. The van der Waals surface area contributed by atoms with Crippen molar-refractivity contribution >= 4 is 16.8 Å². The number of nitriles is 1. The summed E-state index contributed by atoms with van der Waals surface area (Å²) in [5.41, 5.74) is 7.90. The Labute approximate surface area is 212 Å². The number of hydrogen-bond donors (Lipinski definition) is 3. The Bertz CT molecular complexity index is 1670. The molecule has 1 atom stereocenters. The smallest absolute Gasteiger partial charge is 0.266 e. The molecule has 0 aliphatic carbocycles. The van der Waals surface area contributed by atoms with E-state index in [1.807, 2.05) is 36.4 Å². The summed E-state index contributed by atoms with van der Waals surface area (Å²) in [4.78, 5) is 31.0. The summed E-state index contributed by atoms with van der Waals surface area (Å²) in [6.45, 7) is 0. The van der Waals surface area contributed by atoms with Gasteiger partial charge in [-0.1, -0.05) is 54.6 Å². The molecule has 0 bridgehead atoms. The van der Waals surface area contributed by atoms with Crippen molar-refractivity contribution in [3.63, 3.8) is 0 Å². The lowest BCUT2D eigenvalue weighted by atomic mass is 10.1. The van der Waals surface area contributed by atoms with Gasteiger partial charge in [-0.15, -0.1) is 0 Å². The van der Waals surface area contributed by atoms with Gasteiger partial charge in [0.25, 0.3) is 11.5 Å². The molecular formula is C29H21N5O3. The molecule has 5 aromatic rings. The number of aromatic nitrogens is 2. The third-order valence-corrected chi connectivity index (χ3v) is 5.88. The summed E-state index contributed by atoms with van der Waals surface area (Å²) in [5.74, 6) is 0.132. The Kier molecular flexibility index (Phi) is 6.45. The van der Waals surface area contributed by atoms with Crippen LogP contribution in [0.15, 0.2) is 108 Å². The first-order valence-electron chi connectivity index (χ1n) is 11.5. The van der Waals surface area contributed by atoms with Gasteiger partial charge in [0.05, 0.1) is 22.7 Å². The van der Waals surface area contributed by atoms with E-state index in [2.05, 4.69) is 16.9 Å². The van der Waals surface area contributed by atoms with Gasteiger partial charge in [0.15, 0.2) is 0 Å². The number of fused-ring (bicyclic) bond motifs is 1. The molecular weight excluding hydrogens is 466 g/mol. The minimum Gasteiger partial charge on any atom is -0.508 e. The molecule has 0 aliphatic rings. The maximum absolute atomic E-state index is 13.5. The average Bonchev–Trinajstić information content (AvgIpc) is 2.95. The number of carbonyl (C=O) groups excluding carboxylic acids is 1. The van der Waals surface area contributed by atoms with E-state index in [1.165, 1.54) is 16.7 Å². The minimum atomic E-state index is -0.806. The Morgan fingerprint density at radius 3 is 2.27 bits per heavy atom. The van der Waals surface area contributed by atoms with Gasteiger partial charge in [-0.2, -0.15) is 5.26 Å². The summed E-state index contributed by atoms with van der Waals surface area (Å²) in [5, 5.41) is 19.4. The Hall–Kier alpha value is -5.26. The Balaban J connectivity index is 1.44. The predicted molar refractivity (Wildman–Crippen MR) is 140 cm³/mol. The van der Waals surface area contributed by atoms with E-state index in [1.54, 1.807) is 54.6 Å². The van der Waals surface area contributed by atoms with E-state index >= 15 is 0 Å². The average molecular weight is 488 g/mol. The molecule has 1 unspecified atom stereocenters. The third kappa shape index (κ3) is 4.80. The largest absolute Gasteiger partial charge is 0.508 e. The van der Waals surface area contributed by atoms with Crippen LogP contribution in [0, 0.1) is 11.3 Å². The molecule has 4 aromatic carbocycles. The van der Waals surface area contributed by atoms with E-state index in [9.17, 15) is 20.0 Å². The second kappa shape index (κ2) is 10.2. The van der Waals surface area contributed by atoms with Crippen LogP contribution < -0.4 is 16.4 Å². The lowest BCUT2D eigenvalue weighted by Gasteiger charge is -2.15. The fourth-order valence-electron chi connectivity index (χ4n) is 3.98. The second-order valence-corrected chi connectivity index (χ2v) is 8.26. The number of aromatic hydroxyl groups is 1. The van der Waals surface area contributed by atoms with E-state index < -0.39 is 11.9 Å². The SMILES string of the molecule is N#CC(NNC(=O)c1ccc(-n2c(-c3ccccc3)nc3ccccc3c2=O)cc1)c1ccc(O)cc1. The van der Waals surface area contributed by atoms with E-state index in [-0.39, 0.29) is 11.3 Å². The standard InChI is InChI=1S/C29H21N5O3/c30-18-26(19-12-16-23(35)17-13-19)32-33-28(36)21-10-14-22(15-11-21)34-27(20-6-2-1-3-7-20)31-25-9-5-4-8-24(25)29(34)37/h1-17,26,32,35H,(H,33,36). The number of nitrogens with zero attached hydrogens (tertiary/aromatic N) is 3. The van der Waals surface area contributed by atoms with Crippen molar-refractivity contribution in [3.05, 3.63) is 125 Å². The Morgan fingerprint density at radius 1 is 0.892 bits per heavy atom. The molecule has 0 spiro atoms. The maximum atomic E-state index is 13.5. The van der Waals surface area contributed by atoms with Crippen molar-refractivity contribution in [3.8, 4) is 28.9 Å². The predicted octanol–water partition coefficient (Wildman–Crippen LogP) is 4.26. The van der Waals surface area contributed by atoms with Gasteiger partial charge >= 0.3 is 0 Å². The molecule has 37 heavy (non-hydrogen) atoms. The van der Waals surface area contributed by atoms with Crippen LogP contribution in [0.25, 0.3) is 28.0 Å². The van der Waals surface area contributed by atoms with Gasteiger partial charge in [0.2, 0.25) is 0 Å². The van der Waals surface area contributed by atoms with Crippen LogP contribution in [-0.2, 0) is 0 Å². The number of para-hydroxylation sites is 1. The van der Waals surface area contributed by atoms with Crippen LogP contribution in [0.3, 0.4) is 0 Å². The van der Waals surface area contributed by atoms with E-state index in [4.69, 9.17) is 4.98 Å². The van der Waals surface area contributed by atoms with Crippen LogP contribution in [0.4, 0.5) is 0 Å². The summed E-state index contributed by atoms with van der Waals surface area (Å²) in [7, 11) is 0. The first kappa shape index (κ1) is 23.5. The first-order valence-corrected chi connectivity index (χ1v) is 11.5. The number of hydrazine groups is 1. The number of phenols is 1. The van der Waals surface area contributed by atoms with Crippen LogP contribution >= 0.6 is 0 Å². The highest BCUT2D eigenvalue weighted by atomic mass is 16.3. The topological polar surface area (TPSA) is 120 Å². The number of amides is 1. The van der Waals surface area contributed by atoms with Gasteiger partial charge in [-0.3, -0.25) is 19.6 Å². The molecule has 0 saturated carbocycles. The fraction of sp³-hybridized carbons (Fsp3) is 0.0345. The number of nitrogens with one attached hydrogen (secondary N) is 2. The zero-order valence-corrected chi connectivity index (χ0v) is 19.5. The summed E-state index contributed by atoms with van der Waals surface area (Å²) >= 11 is 0. The normalized spacial score (nSPS) is 11.5. The molecule has 0 saturated heterocycles. The number of carbonyl (C=O) groups is 1. The summed E-state index contributed by atoms with van der Waals surface area (Å²) in [6.07, 6.45) is 0. The Morgan fingerprint density at radius 2 is 1.57 bits per heavy atom. The number of benzene rings is 4. The zero-order chi connectivity index (χ0) is 25.8. The van der Waals surface area contributed by atoms with Crippen LogP contribution in [0.5, 0.6) is 5.75 Å². The minimum absolute atomic E-state index is 0.0840. The molecule has 0 aliphatic heterocycles. The zero-order valence-electron chi connectivity index (χ0n) is 19.5. The van der Waals surface area contributed by atoms with Crippen LogP contribution in [0.1, 0.15) is 22.0 Å². The maximum Gasteiger partial charge on any atom is 0.266 e. The van der Waals surface area contributed by atoms with Crippen molar-refractivity contribution in [2.45, 2.75) is 6.04 Å². The first-order chi connectivity index (χ1) is 18.0. The highest BCUT2D eigenvalue weighted by molar-refractivity contribution is 5.94. The molecule has 180 valence electrons. The van der Waals surface area contributed by atoms with E-state index in [0.717, 1.165) is 5.56 Å². The number of rotatable bonds is 6. The van der Waals surface area contributed by atoms with Crippen molar-refractivity contribution < 1.29 is 9.90 Å². The van der Waals surface area contributed by atoms with E-state index in [0.29, 0.717) is 33.5 Å². The monoisotopic (exact) mass is 487 g/mol. The third-order valence-electron chi connectivity index (χ3n) is 5.88. The highest BCUT2D eigenvalue weighted by Gasteiger charge is 2.16. The molecule has 8 nitrogen and oxygen atoms in total. The number of hydrogen-bond acceptors (Lipinski definition) is 6. The van der Waals surface area contributed by atoms with Crippen LogP contribution in [0.2, 0.25) is 0 Å². The van der Waals surface area contributed by atoms with Crippen molar-refractivity contribution in [2.75, 3.05) is 0 Å². The molecule has 0 radical (unpaired) electrons. The van der Waals surface area contributed by atoms with Gasteiger partial charge in [-0.25, -0.2) is 10.4 Å². The summed E-state index contributed by atoms with van der Waals surface area (Å²) in [6, 6.07) is 30.6. The van der Waals surface area contributed by atoms with Gasteiger partial charge < -0.3 is 5.11 Å². The molecule has 1 heterocycles. The lowest BCUT2D eigenvalue weighted by molar-refractivity contribution is 0.0929. The highest BCUT2D eigenvalue weighted by Crippen LogP contribution is 2.22. The van der Waals surface area contributed by atoms with Crippen molar-refractivity contribution in [2.24, 2.45) is 0 Å². The van der Waals surface area contributed by atoms with Crippen LogP contribution in [-0.4, -0.2) is 20.6 Å². The van der Waals surface area contributed by atoms with Gasteiger partial charge in [-0.05, 0) is 54.1 Å². The van der Waals surface area contributed by atoms with Gasteiger partial charge in [0, 0.05) is 11.1 Å². The molecule has 0 fully saturated rings. The van der Waals surface area contributed by atoms with Gasteiger partial charge in [0.1, 0.15) is 17.6 Å². The molecule has 1 amide bonds. The molecule has 8 heteroatoms. The second-order valence-electron chi connectivity index (χ2n) is 8.26. The molecule has 1 aromatic heterocycles. The number of phenolic OH excluding ortho intramolecular Hbond substituents is 1. The molecule has 3 N–H and O–H groups in total. The fourth-order valence-corrected chi connectivity index (χ4v) is 3.98. The quantitative estimate of drug-likeness (QED) is 0.308.